The summed E-state index contributed by atoms with van der Waals surface area (Å²) in [6, 6.07) is 5.63. The second-order valence-electron chi connectivity index (χ2n) is 5.56. The maximum absolute atomic E-state index is 10.8. The number of aromatic nitrogens is 1. The van der Waals surface area contributed by atoms with Gasteiger partial charge < -0.3 is 19.5 Å². The van der Waals surface area contributed by atoms with Crippen molar-refractivity contribution < 1.29 is 19.4 Å². The zero-order valence-corrected chi connectivity index (χ0v) is 14.9. The Kier molecular flexibility index (Phi) is 6.57. The van der Waals surface area contributed by atoms with Gasteiger partial charge >= 0.3 is 5.97 Å². The third kappa shape index (κ3) is 4.94. The van der Waals surface area contributed by atoms with Crippen LogP contribution in [0, 0.1) is 0 Å². The van der Waals surface area contributed by atoms with Gasteiger partial charge in [-0.05, 0) is 32.6 Å². The standard InChI is InChI=1S/C17H22N2O4S/c1-19(2)8-5-9-23-16-13(6-4-7-14(16)22-3)17-18-12(11-24-17)10-15(20)21/h4,6-7,11H,5,8-10H2,1-3H3,(H,20,21). The van der Waals surface area contributed by atoms with E-state index < -0.39 is 5.97 Å². The van der Waals surface area contributed by atoms with Crippen LogP contribution in [0.15, 0.2) is 23.6 Å². The predicted molar refractivity (Wildman–Crippen MR) is 94.1 cm³/mol. The third-order valence-corrected chi connectivity index (χ3v) is 4.23. The minimum atomic E-state index is -0.891. The molecule has 2 aromatic rings. The van der Waals surface area contributed by atoms with E-state index in [2.05, 4.69) is 9.88 Å². The highest BCUT2D eigenvalue weighted by Gasteiger charge is 2.16. The lowest BCUT2D eigenvalue weighted by Crippen LogP contribution is -2.15. The van der Waals surface area contributed by atoms with E-state index in [-0.39, 0.29) is 6.42 Å². The number of thiazole rings is 1. The van der Waals surface area contributed by atoms with Crippen molar-refractivity contribution in [2.75, 3.05) is 34.4 Å². The number of ether oxygens (including phenoxy) is 2. The molecule has 0 fully saturated rings. The number of hydrogen-bond donors (Lipinski definition) is 1. The smallest absolute Gasteiger partial charge is 0.309 e. The van der Waals surface area contributed by atoms with E-state index >= 15 is 0 Å². The lowest BCUT2D eigenvalue weighted by molar-refractivity contribution is -0.136. The molecule has 0 aliphatic carbocycles. The monoisotopic (exact) mass is 350 g/mol. The van der Waals surface area contributed by atoms with Gasteiger partial charge in [0.25, 0.3) is 0 Å². The van der Waals surface area contributed by atoms with Crippen molar-refractivity contribution in [1.82, 2.24) is 9.88 Å². The van der Waals surface area contributed by atoms with Gasteiger partial charge in [0.2, 0.25) is 0 Å². The van der Waals surface area contributed by atoms with Gasteiger partial charge in [-0.15, -0.1) is 11.3 Å². The first-order chi connectivity index (χ1) is 11.5. The highest BCUT2D eigenvalue weighted by molar-refractivity contribution is 7.13. The molecule has 0 aliphatic heterocycles. The average Bonchev–Trinajstić information content (AvgIpc) is 2.98. The number of rotatable bonds is 9. The first kappa shape index (κ1) is 18.2. The molecule has 2 rings (SSSR count). The van der Waals surface area contributed by atoms with Crippen molar-refractivity contribution >= 4 is 17.3 Å². The molecule has 0 atom stereocenters. The van der Waals surface area contributed by atoms with Gasteiger partial charge in [-0.25, -0.2) is 4.98 Å². The van der Waals surface area contributed by atoms with Crippen LogP contribution < -0.4 is 9.47 Å². The van der Waals surface area contributed by atoms with Crippen molar-refractivity contribution in [3.05, 3.63) is 29.3 Å². The maximum Gasteiger partial charge on any atom is 0.309 e. The zero-order chi connectivity index (χ0) is 17.5. The second-order valence-corrected chi connectivity index (χ2v) is 6.41. The predicted octanol–water partition coefficient (Wildman–Crippen LogP) is 2.78. The Balaban J connectivity index is 2.22. The molecule has 0 saturated heterocycles. The van der Waals surface area contributed by atoms with Crippen molar-refractivity contribution in [3.63, 3.8) is 0 Å². The summed E-state index contributed by atoms with van der Waals surface area (Å²) < 4.78 is 11.4. The van der Waals surface area contributed by atoms with Crippen LogP contribution in [-0.2, 0) is 11.2 Å². The summed E-state index contributed by atoms with van der Waals surface area (Å²) >= 11 is 1.40. The van der Waals surface area contributed by atoms with Gasteiger partial charge in [0.1, 0.15) is 5.01 Å². The fourth-order valence-corrected chi connectivity index (χ4v) is 3.06. The topological polar surface area (TPSA) is 71.9 Å². The number of carboxylic acid groups (broad SMARTS) is 1. The molecule has 0 spiro atoms. The number of aliphatic carboxylic acids is 1. The molecule has 1 aromatic carbocycles. The minimum absolute atomic E-state index is 0.0838. The number of methoxy groups -OCH3 is 1. The lowest BCUT2D eigenvalue weighted by atomic mass is 10.2. The Morgan fingerprint density at radius 2 is 2.17 bits per heavy atom. The number of nitrogens with zero attached hydrogens (tertiary/aromatic N) is 2. The van der Waals surface area contributed by atoms with E-state index in [0.29, 0.717) is 23.8 Å². The van der Waals surface area contributed by atoms with E-state index in [1.165, 1.54) is 11.3 Å². The summed E-state index contributed by atoms with van der Waals surface area (Å²) in [4.78, 5) is 17.3. The molecule has 0 saturated carbocycles. The first-order valence-corrected chi connectivity index (χ1v) is 8.50. The van der Waals surface area contributed by atoms with Crippen LogP contribution in [0.1, 0.15) is 12.1 Å². The van der Waals surface area contributed by atoms with Gasteiger partial charge in [0.05, 0.1) is 31.4 Å². The average molecular weight is 350 g/mol. The van der Waals surface area contributed by atoms with Crippen LogP contribution in [0.2, 0.25) is 0 Å². The highest BCUT2D eigenvalue weighted by Crippen LogP contribution is 2.39. The van der Waals surface area contributed by atoms with Gasteiger partial charge in [-0.2, -0.15) is 0 Å². The fourth-order valence-electron chi connectivity index (χ4n) is 2.22. The molecular weight excluding hydrogens is 328 g/mol. The number of para-hydroxylation sites is 1. The Morgan fingerprint density at radius 3 is 2.83 bits per heavy atom. The third-order valence-electron chi connectivity index (χ3n) is 3.31. The maximum atomic E-state index is 10.8. The second kappa shape index (κ2) is 8.65. The normalized spacial score (nSPS) is 10.8. The van der Waals surface area contributed by atoms with Crippen molar-refractivity contribution in [3.8, 4) is 22.1 Å². The molecule has 0 radical (unpaired) electrons. The first-order valence-electron chi connectivity index (χ1n) is 7.62. The molecule has 0 bridgehead atoms. The van der Waals surface area contributed by atoms with E-state index in [0.717, 1.165) is 23.5 Å². The molecule has 6 nitrogen and oxygen atoms in total. The number of carbonyl (C=O) groups is 1. The zero-order valence-electron chi connectivity index (χ0n) is 14.1. The summed E-state index contributed by atoms with van der Waals surface area (Å²) in [6.45, 7) is 1.50. The molecule has 0 unspecified atom stereocenters. The van der Waals surface area contributed by atoms with Crippen molar-refractivity contribution in [1.29, 1.82) is 0 Å². The molecule has 1 aromatic heterocycles. The van der Waals surface area contributed by atoms with E-state index in [4.69, 9.17) is 14.6 Å². The molecular formula is C17H22N2O4S. The molecule has 1 N–H and O–H groups in total. The summed E-state index contributed by atoms with van der Waals surface area (Å²) in [5, 5.41) is 11.4. The summed E-state index contributed by atoms with van der Waals surface area (Å²) in [5.74, 6) is 0.403. The van der Waals surface area contributed by atoms with Gasteiger partial charge in [-0.3, -0.25) is 4.79 Å². The summed E-state index contributed by atoms with van der Waals surface area (Å²) in [5.41, 5.74) is 1.37. The van der Waals surface area contributed by atoms with Crippen LogP contribution in [0.3, 0.4) is 0 Å². The van der Waals surface area contributed by atoms with Crippen LogP contribution in [0.5, 0.6) is 11.5 Å². The van der Waals surface area contributed by atoms with Gasteiger partial charge in [0, 0.05) is 11.9 Å². The Labute approximate surface area is 145 Å². The summed E-state index contributed by atoms with van der Waals surface area (Å²) in [6.07, 6.45) is 0.812. The molecule has 130 valence electrons. The molecule has 24 heavy (non-hydrogen) atoms. The molecule has 0 aliphatic rings. The van der Waals surface area contributed by atoms with Crippen LogP contribution in [-0.4, -0.2) is 55.3 Å². The number of carboxylic acids is 1. The quantitative estimate of drug-likeness (QED) is 0.701. The number of benzene rings is 1. The Bertz CT molecular complexity index is 685. The highest BCUT2D eigenvalue weighted by atomic mass is 32.1. The molecule has 0 amide bonds. The van der Waals surface area contributed by atoms with E-state index in [1.54, 1.807) is 12.5 Å². The van der Waals surface area contributed by atoms with E-state index in [1.807, 2.05) is 32.3 Å². The van der Waals surface area contributed by atoms with Crippen LogP contribution in [0.25, 0.3) is 10.6 Å². The molecule has 1 heterocycles. The van der Waals surface area contributed by atoms with Crippen molar-refractivity contribution in [2.45, 2.75) is 12.8 Å². The van der Waals surface area contributed by atoms with Gasteiger partial charge in [-0.1, -0.05) is 6.07 Å². The largest absolute Gasteiger partial charge is 0.493 e. The Hall–Kier alpha value is -2.12. The van der Waals surface area contributed by atoms with E-state index in [9.17, 15) is 4.79 Å². The lowest BCUT2D eigenvalue weighted by Gasteiger charge is -2.15. The summed E-state index contributed by atoms with van der Waals surface area (Å²) in [7, 11) is 5.64. The van der Waals surface area contributed by atoms with Crippen LogP contribution in [0.4, 0.5) is 0 Å². The SMILES string of the molecule is COc1cccc(-c2nc(CC(=O)O)cs2)c1OCCCN(C)C. The Morgan fingerprint density at radius 1 is 1.38 bits per heavy atom. The number of hydrogen-bond acceptors (Lipinski definition) is 6. The fraction of sp³-hybridized carbons (Fsp3) is 0.412. The van der Waals surface area contributed by atoms with Gasteiger partial charge in [0.15, 0.2) is 11.5 Å². The van der Waals surface area contributed by atoms with Crippen molar-refractivity contribution in [2.24, 2.45) is 0 Å². The van der Waals surface area contributed by atoms with Crippen LogP contribution >= 0.6 is 11.3 Å². The minimum Gasteiger partial charge on any atom is -0.493 e. The molecule has 7 heteroatoms.